The van der Waals surface area contributed by atoms with Crippen molar-refractivity contribution >= 4 is 5.91 Å². The van der Waals surface area contributed by atoms with E-state index in [-0.39, 0.29) is 18.5 Å². The van der Waals surface area contributed by atoms with E-state index in [0.29, 0.717) is 0 Å². The molecule has 4 heteroatoms. The van der Waals surface area contributed by atoms with Crippen LogP contribution in [-0.2, 0) is 4.79 Å². The number of nitrogens with two attached hydrogens (primary N) is 1. The van der Waals surface area contributed by atoms with Crippen LogP contribution in [-0.4, -0.2) is 19.1 Å². The van der Waals surface area contributed by atoms with Crippen molar-refractivity contribution in [1.82, 2.24) is 5.32 Å². The number of benzene rings is 1. The second-order valence-corrected chi connectivity index (χ2v) is 3.91. The van der Waals surface area contributed by atoms with Crippen molar-refractivity contribution in [2.24, 2.45) is 5.73 Å². The van der Waals surface area contributed by atoms with E-state index in [9.17, 15) is 4.79 Å². The molecule has 1 atom stereocenters. The van der Waals surface area contributed by atoms with Crippen molar-refractivity contribution in [2.45, 2.75) is 26.3 Å². The van der Waals surface area contributed by atoms with Crippen molar-refractivity contribution in [2.75, 3.05) is 13.2 Å². The molecule has 0 heterocycles. The van der Waals surface area contributed by atoms with Crippen molar-refractivity contribution in [1.29, 1.82) is 0 Å². The molecule has 0 saturated heterocycles. The fraction of sp³-hybridized carbons (Fsp3) is 0.462. The number of rotatable bonds is 6. The van der Waals surface area contributed by atoms with Gasteiger partial charge in [-0.25, -0.2) is 0 Å². The number of nitrogens with one attached hydrogen (secondary N) is 1. The number of amides is 1. The van der Waals surface area contributed by atoms with Crippen LogP contribution < -0.4 is 15.8 Å². The smallest absolute Gasteiger partial charge is 0.234 e. The van der Waals surface area contributed by atoms with E-state index in [0.717, 1.165) is 24.3 Å². The van der Waals surface area contributed by atoms with Crippen LogP contribution in [0.4, 0.5) is 0 Å². The molecular formula is C13H20N2O2. The molecule has 0 bridgehead atoms. The summed E-state index contributed by atoms with van der Waals surface area (Å²) in [6.07, 6.45) is 0.991. The summed E-state index contributed by atoms with van der Waals surface area (Å²) >= 11 is 0. The predicted octanol–water partition coefficient (Wildman–Crippen LogP) is 1.61. The average molecular weight is 236 g/mol. The van der Waals surface area contributed by atoms with E-state index in [1.807, 2.05) is 31.2 Å². The van der Waals surface area contributed by atoms with Gasteiger partial charge in [-0.15, -0.1) is 0 Å². The first-order chi connectivity index (χ1) is 8.17. The molecule has 1 unspecified atom stereocenters. The quantitative estimate of drug-likeness (QED) is 0.788. The summed E-state index contributed by atoms with van der Waals surface area (Å²) in [5.41, 5.74) is 6.28. The molecule has 0 aromatic heterocycles. The summed E-state index contributed by atoms with van der Waals surface area (Å²) in [5.74, 6) is 0.705. The molecule has 94 valence electrons. The molecule has 0 spiro atoms. The molecule has 1 aromatic rings. The van der Waals surface area contributed by atoms with Crippen molar-refractivity contribution in [3.05, 3.63) is 29.8 Å². The molecule has 0 saturated carbocycles. The van der Waals surface area contributed by atoms with Gasteiger partial charge < -0.3 is 15.8 Å². The number of carbonyl (C=O) groups excluding carboxylic acids is 1. The van der Waals surface area contributed by atoms with Crippen LogP contribution in [0.5, 0.6) is 5.75 Å². The number of carbonyl (C=O) groups is 1. The van der Waals surface area contributed by atoms with Crippen LogP contribution in [0, 0.1) is 0 Å². The van der Waals surface area contributed by atoms with Gasteiger partial charge in [0, 0.05) is 0 Å². The zero-order valence-corrected chi connectivity index (χ0v) is 10.4. The summed E-state index contributed by atoms with van der Waals surface area (Å²) in [4.78, 5) is 11.1. The second kappa shape index (κ2) is 6.91. The van der Waals surface area contributed by atoms with Gasteiger partial charge in [-0.05, 0) is 31.0 Å². The van der Waals surface area contributed by atoms with Gasteiger partial charge in [-0.1, -0.05) is 19.1 Å². The Morgan fingerprint density at radius 1 is 1.41 bits per heavy atom. The second-order valence-electron chi connectivity index (χ2n) is 3.91. The minimum absolute atomic E-state index is 0.0159. The molecule has 0 fully saturated rings. The van der Waals surface area contributed by atoms with Crippen LogP contribution >= 0.6 is 0 Å². The first-order valence-corrected chi connectivity index (χ1v) is 5.89. The van der Waals surface area contributed by atoms with Crippen LogP contribution in [0.2, 0.25) is 0 Å². The Balaban J connectivity index is 2.57. The molecule has 3 N–H and O–H groups in total. The maximum atomic E-state index is 11.1. The zero-order chi connectivity index (χ0) is 12.7. The number of ether oxygens (including phenoxy) is 1. The lowest BCUT2D eigenvalue weighted by Gasteiger charge is -2.14. The topological polar surface area (TPSA) is 64.3 Å². The van der Waals surface area contributed by atoms with Crippen molar-refractivity contribution < 1.29 is 9.53 Å². The maximum absolute atomic E-state index is 11.1. The number of hydrogen-bond acceptors (Lipinski definition) is 3. The van der Waals surface area contributed by atoms with Crippen LogP contribution in [0.3, 0.4) is 0 Å². The summed E-state index contributed by atoms with van der Waals surface area (Å²) in [7, 11) is 0. The van der Waals surface area contributed by atoms with Gasteiger partial charge in [0.2, 0.25) is 5.91 Å². The highest BCUT2D eigenvalue weighted by Crippen LogP contribution is 2.17. The molecular weight excluding hydrogens is 216 g/mol. The van der Waals surface area contributed by atoms with Gasteiger partial charge in [0.1, 0.15) is 5.75 Å². The fourth-order valence-electron chi connectivity index (χ4n) is 1.46. The lowest BCUT2D eigenvalue weighted by atomic mass is 10.1. The standard InChI is InChI=1S/C13H20N2O2/c1-3-8-17-12-6-4-11(5-7-12)10(2)15-13(16)9-14/h4-7,10H,3,8-9,14H2,1-2H3,(H,15,16). The van der Waals surface area contributed by atoms with E-state index in [1.165, 1.54) is 0 Å². The Morgan fingerprint density at radius 3 is 2.59 bits per heavy atom. The number of hydrogen-bond donors (Lipinski definition) is 2. The Hall–Kier alpha value is -1.55. The molecule has 0 radical (unpaired) electrons. The summed E-state index contributed by atoms with van der Waals surface area (Å²) < 4.78 is 5.48. The minimum Gasteiger partial charge on any atom is -0.494 e. The molecule has 17 heavy (non-hydrogen) atoms. The third kappa shape index (κ3) is 4.44. The molecule has 0 aliphatic rings. The normalized spacial score (nSPS) is 11.9. The first kappa shape index (κ1) is 13.5. The Labute approximate surface area is 102 Å². The predicted molar refractivity (Wildman–Crippen MR) is 67.8 cm³/mol. The van der Waals surface area contributed by atoms with Crippen LogP contribution in [0.1, 0.15) is 31.9 Å². The lowest BCUT2D eigenvalue weighted by molar-refractivity contribution is -0.120. The van der Waals surface area contributed by atoms with E-state index >= 15 is 0 Å². The van der Waals surface area contributed by atoms with Gasteiger partial charge in [0.25, 0.3) is 0 Å². The van der Waals surface area contributed by atoms with E-state index in [2.05, 4.69) is 12.2 Å². The Bertz CT molecular complexity index is 349. The van der Waals surface area contributed by atoms with E-state index in [1.54, 1.807) is 0 Å². The van der Waals surface area contributed by atoms with Crippen molar-refractivity contribution in [3.8, 4) is 5.75 Å². The van der Waals surface area contributed by atoms with Gasteiger partial charge in [0.05, 0.1) is 19.2 Å². The molecule has 1 amide bonds. The van der Waals surface area contributed by atoms with E-state index < -0.39 is 0 Å². The highest BCUT2D eigenvalue weighted by atomic mass is 16.5. The first-order valence-electron chi connectivity index (χ1n) is 5.89. The molecule has 1 aromatic carbocycles. The minimum atomic E-state index is -0.149. The third-order valence-electron chi connectivity index (χ3n) is 2.42. The van der Waals surface area contributed by atoms with Gasteiger partial charge in [0.15, 0.2) is 0 Å². The van der Waals surface area contributed by atoms with Gasteiger partial charge in [-0.2, -0.15) is 0 Å². The fourth-order valence-corrected chi connectivity index (χ4v) is 1.46. The molecule has 0 aliphatic heterocycles. The Morgan fingerprint density at radius 2 is 2.06 bits per heavy atom. The van der Waals surface area contributed by atoms with Gasteiger partial charge >= 0.3 is 0 Å². The van der Waals surface area contributed by atoms with Gasteiger partial charge in [-0.3, -0.25) is 4.79 Å². The summed E-state index contributed by atoms with van der Waals surface area (Å²) in [6, 6.07) is 7.69. The molecule has 4 nitrogen and oxygen atoms in total. The highest BCUT2D eigenvalue weighted by molar-refractivity contribution is 5.78. The maximum Gasteiger partial charge on any atom is 0.234 e. The van der Waals surface area contributed by atoms with E-state index in [4.69, 9.17) is 10.5 Å². The molecule has 1 rings (SSSR count). The van der Waals surface area contributed by atoms with Crippen LogP contribution in [0.15, 0.2) is 24.3 Å². The zero-order valence-electron chi connectivity index (χ0n) is 10.4. The summed E-state index contributed by atoms with van der Waals surface area (Å²) in [5, 5.41) is 2.80. The third-order valence-corrected chi connectivity index (χ3v) is 2.42. The summed E-state index contributed by atoms with van der Waals surface area (Å²) in [6.45, 7) is 4.73. The van der Waals surface area contributed by atoms with Crippen LogP contribution in [0.25, 0.3) is 0 Å². The lowest BCUT2D eigenvalue weighted by Crippen LogP contribution is -2.32. The molecule has 0 aliphatic carbocycles. The Kier molecular flexibility index (Phi) is 5.49. The average Bonchev–Trinajstić information content (AvgIpc) is 2.36. The SMILES string of the molecule is CCCOc1ccc(C(C)NC(=O)CN)cc1. The van der Waals surface area contributed by atoms with Crippen molar-refractivity contribution in [3.63, 3.8) is 0 Å². The largest absolute Gasteiger partial charge is 0.494 e. The highest BCUT2D eigenvalue weighted by Gasteiger charge is 2.07. The monoisotopic (exact) mass is 236 g/mol.